The van der Waals surface area contributed by atoms with E-state index in [0.717, 1.165) is 6.42 Å². The summed E-state index contributed by atoms with van der Waals surface area (Å²) in [7, 11) is 0. The monoisotopic (exact) mass is 612 g/mol. The fraction of sp³-hybridized carbons (Fsp3) is 0.393. The molecule has 0 spiro atoms. The fourth-order valence-electron chi connectivity index (χ4n) is 3.96. The molecule has 0 bridgehead atoms. The second-order valence-electron chi connectivity index (χ2n) is 9.66. The lowest BCUT2D eigenvalue weighted by molar-refractivity contribution is -0.124. The minimum Gasteiger partial charge on any atom is -0.356 e. The second kappa shape index (κ2) is 13.9. The molecule has 0 radical (unpaired) electrons. The normalized spacial score (nSPS) is 14.5. The van der Waals surface area contributed by atoms with Gasteiger partial charge in [0.25, 0.3) is 5.91 Å². The molecule has 1 aromatic heterocycles. The smallest absolute Gasteiger partial charge is 0.260 e. The first-order valence-corrected chi connectivity index (χ1v) is 14.2. The van der Waals surface area contributed by atoms with Crippen molar-refractivity contribution in [1.82, 2.24) is 10.5 Å². The first kappa shape index (κ1) is 31.2. The van der Waals surface area contributed by atoms with E-state index in [0.29, 0.717) is 38.3 Å². The fourth-order valence-corrected chi connectivity index (χ4v) is 4.79. The van der Waals surface area contributed by atoms with Crippen molar-refractivity contribution in [3.8, 4) is 22.6 Å². The number of aromatic nitrogens is 1. The lowest BCUT2D eigenvalue weighted by Gasteiger charge is -2.31. The average molecular weight is 614 g/mol. The molecule has 3 aromatic rings. The molecule has 0 aliphatic carbocycles. The van der Waals surface area contributed by atoms with E-state index in [1.54, 1.807) is 42.5 Å². The van der Waals surface area contributed by atoms with Gasteiger partial charge < -0.3 is 20.5 Å². The van der Waals surface area contributed by atoms with E-state index >= 15 is 0 Å². The zero-order valence-corrected chi connectivity index (χ0v) is 25.2. The summed E-state index contributed by atoms with van der Waals surface area (Å²) in [6.07, 6.45) is 0.794. The number of benzene rings is 2. The highest BCUT2D eigenvalue weighted by Crippen LogP contribution is 2.36. The third-order valence-electron chi connectivity index (χ3n) is 6.88. The largest absolute Gasteiger partial charge is 0.356 e. The number of nitrogens with two attached hydrogens (primary N) is 1. The topological polar surface area (TPSA) is 101 Å². The van der Waals surface area contributed by atoms with Gasteiger partial charge in [0, 0.05) is 35.5 Å². The Morgan fingerprint density at radius 3 is 2.28 bits per heavy atom. The molecule has 3 rings (SSSR count). The summed E-state index contributed by atoms with van der Waals surface area (Å²) in [5.74, 6) is -0.366. The van der Waals surface area contributed by atoms with Gasteiger partial charge in [-0.1, -0.05) is 97.0 Å². The van der Waals surface area contributed by atoms with Crippen molar-refractivity contribution in [3.05, 3.63) is 58.6 Å². The molecule has 0 saturated heterocycles. The van der Waals surface area contributed by atoms with Crippen molar-refractivity contribution < 1.29 is 14.1 Å². The van der Waals surface area contributed by atoms with Gasteiger partial charge >= 0.3 is 0 Å². The quantitative estimate of drug-likeness (QED) is 0.227. The summed E-state index contributed by atoms with van der Waals surface area (Å²) < 4.78 is 5.59. The zero-order chi connectivity index (χ0) is 28.9. The van der Waals surface area contributed by atoms with Crippen LogP contribution in [0.15, 0.2) is 53.1 Å². The number of hydrogen-bond donors (Lipinski definition) is 2. The lowest BCUT2D eigenvalue weighted by atomic mass is 9.97. The summed E-state index contributed by atoms with van der Waals surface area (Å²) in [5.41, 5.74) is 8.35. The minimum atomic E-state index is -1.27. The number of amides is 2. The molecule has 39 heavy (non-hydrogen) atoms. The van der Waals surface area contributed by atoms with Gasteiger partial charge in [-0.25, -0.2) is 0 Å². The molecule has 1 heterocycles. The Hall–Kier alpha value is -2.29. The number of halogens is 4. The maximum atomic E-state index is 13.1. The van der Waals surface area contributed by atoms with Gasteiger partial charge in [-0.3, -0.25) is 9.59 Å². The summed E-state index contributed by atoms with van der Waals surface area (Å²) in [6, 6.07) is 13.2. The molecular weight excluding hydrogens is 582 g/mol. The van der Waals surface area contributed by atoms with Crippen LogP contribution in [0.4, 0.5) is 5.69 Å². The van der Waals surface area contributed by atoms with E-state index in [4.69, 9.17) is 56.7 Å². The van der Waals surface area contributed by atoms with Crippen molar-refractivity contribution in [2.24, 2.45) is 17.6 Å². The Kier molecular flexibility index (Phi) is 11.1. The number of anilines is 1. The predicted octanol–water partition coefficient (Wildman–Crippen LogP) is 6.97. The molecule has 0 fully saturated rings. The van der Waals surface area contributed by atoms with Crippen LogP contribution in [-0.4, -0.2) is 40.4 Å². The molecule has 4 atom stereocenters. The minimum absolute atomic E-state index is 0.0483. The Morgan fingerprint density at radius 2 is 1.67 bits per heavy atom. The van der Waals surface area contributed by atoms with Gasteiger partial charge in [0.1, 0.15) is 5.69 Å². The molecule has 2 amide bonds. The van der Waals surface area contributed by atoms with Crippen LogP contribution in [0, 0.1) is 11.8 Å². The van der Waals surface area contributed by atoms with Crippen LogP contribution < -0.4 is 16.0 Å². The van der Waals surface area contributed by atoms with E-state index in [1.165, 1.54) is 4.90 Å². The Morgan fingerprint density at radius 1 is 1.03 bits per heavy atom. The van der Waals surface area contributed by atoms with Gasteiger partial charge in [0.05, 0.1) is 16.1 Å². The van der Waals surface area contributed by atoms with Gasteiger partial charge in [-0.05, 0) is 43.0 Å². The van der Waals surface area contributed by atoms with Crippen molar-refractivity contribution in [1.29, 1.82) is 0 Å². The van der Waals surface area contributed by atoms with Crippen molar-refractivity contribution in [2.75, 3.05) is 11.4 Å². The van der Waals surface area contributed by atoms with Crippen LogP contribution in [0.2, 0.25) is 10.0 Å². The van der Waals surface area contributed by atoms with Crippen LogP contribution in [-0.2, 0) is 9.59 Å². The third-order valence-corrected chi connectivity index (χ3v) is 7.88. The Labute approximate surface area is 248 Å². The SMILES string of the molecule is CC[C@H](C)[C@H](N)C(=O)NC(C)[C@H](C)CN(C(=O)C(Cl)Cl)c1cccc(-c2cc(-c3c(Cl)cccc3Cl)no2)c1. The third kappa shape index (κ3) is 7.68. The molecule has 0 aliphatic heterocycles. The second-order valence-corrected chi connectivity index (χ2v) is 11.6. The molecule has 7 nitrogen and oxygen atoms in total. The Balaban J connectivity index is 1.85. The maximum Gasteiger partial charge on any atom is 0.260 e. The van der Waals surface area contributed by atoms with Crippen LogP contribution in [0.25, 0.3) is 22.6 Å². The van der Waals surface area contributed by atoms with Crippen molar-refractivity contribution >= 4 is 63.9 Å². The summed E-state index contributed by atoms with van der Waals surface area (Å²) in [6.45, 7) is 7.97. The average Bonchev–Trinajstić information content (AvgIpc) is 3.39. The highest BCUT2D eigenvalue weighted by Gasteiger charge is 2.28. The molecule has 11 heteroatoms. The highest BCUT2D eigenvalue weighted by atomic mass is 35.5. The molecule has 3 N–H and O–H groups in total. The number of carbonyl (C=O) groups excluding carboxylic acids is 2. The number of nitrogens with zero attached hydrogens (tertiary/aromatic N) is 2. The van der Waals surface area contributed by atoms with Gasteiger partial charge in [0.15, 0.2) is 10.6 Å². The van der Waals surface area contributed by atoms with Gasteiger partial charge in [0.2, 0.25) is 5.91 Å². The van der Waals surface area contributed by atoms with E-state index in [2.05, 4.69) is 10.5 Å². The highest BCUT2D eigenvalue weighted by molar-refractivity contribution is 6.54. The van der Waals surface area contributed by atoms with Crippen LogP contribution >= 0.6 is 46.4 Å². The lowest BCUT2D eigenvalue weighted by Crippen LogP contribution is -2.51. The molecule has 210 valence electrons. The van der Waals surface area contributed by atoms with E-state index in [1.807, 2.05) is 33.8 Å². The number of carbonyl (C=O) groups is 2. The summed E-state index contributed by atoms with van der Waals surface area (Å²) in [4.78, 5) is 25.9. The molecular formula is C28H32Cl4N4O3. The molecule has 1 unspecified atom stereocenters. The van der Waals surface area contributed by atoms with Crippen LogP contribution in [0.5, 0.6) is 0 Å². The molecule has 0 aliphatic rings. The van der Waals surface area contributed by atoms with E-state index in [9.17, 15) is 9.59 Å². The van der Waals surface area contributed by atoms with Crippen LogP contribution in [0.1, 0.15) is 34.1 Å². The van der Waals surface area contributed by atoms with Crippen molar-refractivity contribution in [2.45, 2.75) is 51.0 Å². The first-order valence-electron chi connectivity index (χ1n) is 12.6. The van der Waals surface area contributed by atoms with Crippen molar-refractivity contribution in [3.63, 3.8) is 0 Å². The first-order chi connectivity index (χ1) is 18.4. The standard InChI is InChI=1S/C28H32Cl4N4O3/c1-5-15(2)25(33)27(37)34-17(4)16(3)14-36(28(38)26(31)32)19-9-6-8-18(12-19)23-13-22(35-39-23)24-20(29)10-7-11-21(24)30/h6-13,15-17,25-26H,5,14,33H2,1-4H3,(H,34,37)/t15-,16+,17?,25-/m0/s1. The maximum absolute atomic E-state index is 13.1. The molecule has 0 saturated carbocycles. The number of hydrogen-bond acceptors (Lipinski definition) is 5. The zero-order valence-electron chi connectivity index (χ0n) is 22.1. The van der Waals surface area contributed by atoms with Gasteiger partial charge in [-0.15, -0.1) is 0 Å². The van der Waals surface area contributed by atoms with E-state index < -0.39 is 16.8 Å². The summed E-state index contributed by atoms with van der Waals surface area (Å²) >= 11 is 24.7. The van der Waals surface area contributed by atoms with Gasteiger partial charge in [-0.2, -0.15) is 0 Å². The predicted molar refractivity (Wildman–Crippen MR) is 159 cm³/mol. The van der Waals surface area contributed by atoms with E-state index in [-0.39, 0.29) is 30.3 Å². The van der Waals surface area contributed by atoms with Crippen LogP contribution in [0.3, 0.4) is 0 Å². The Bertz CT molecular complexity index is 1280. The number of rotatable bonds is 11. The number of nitrogens with one attached hydrogen (secondary N) is 1. The molecule has 2 aromatic carbocycles. The number of alkyl halides is 2. The summed E-state index contributed by atoms with van der Waals surface area (Å²) in [5, 5.41) is 8.00.